The summed E-state index contributed by atoms with van der Waals surface area (Å²) in [4.78, 5) is 22.5. The summed E-state index contributed by atoms with van der Waals surface area (Å²) in [6.07, 6.45) is 4.08. The van der Waals surface area contributed by atoms with Gasteiger partial charge in [0, 0.05) is 18.7 Å². The molecule has 0 atom stereocenters. The third-order valence-corrected chi connectivity index (χ3v) is 1.99. The Labute approximate surface area is 102 Å². The van der Waals surface area contributed by atoms with Crippen molar-refractivity contribution in [2.24, 2.45) is 5.10 Å². The van der Waals surface area contributed by atoms with Gasteiger partial charge in [0.2, 0.25) is 11.8 Å². The highest BCUT2D eigenvalue weighted by Gasteiger charge is 2.03. The molecule has 0 aromatic carbocycles. The molecule has 5 heteroatoms. The zero-order valence-electron chi connectivity index (χ0n) is 10.6. The van der Waals surface area contributed by atoms with Crippen LogP contribution >= 0.6 is 0 Å². The van der Waals surface area contributed by atoms with E-state index in [9.17, 15) is 9.59 Å². The zero-order chi connectivity index (χ0) is 13.1. The predicted octanol–water partition coefficient (Wildman–Crippen LogP) is 1.36. The Morgan fingerprint density at radius 3 is 2.65 bits per heavy atom. The van der Waals surface area contributed by atoms with Crippen LogP contribution in [0, 0.1) is 0 Å². The number of rotatable bonds is 8. The van der Waals surface area contributed by atoms with E-state index in [1.807, 2.05) is 6.92 Å². The fourth-order valence-electron chi connectivity index (χ4n) is 1.07. The van der Waals surface area contributed by atoms with Crippen LogP contribution < -0.4 is 10.7 Å². The van der Waals surface area contributed by atoms with Gasteiger partial charge in [0.05, 0.1) is 6.42 Å². The van der Waals surface area contributed by atoms with Crippen LogP contribution in [0.5, 0.6) is 0 Å². The van der Waals surface area contributed by atoms with E-state index in [-0.39, 0.29) is 18.2 Å². The molecule has 2 amide bonds. The lowest BCUT2D eigenvalue weighted by atomic mass is 10.2. The molecule has 0 aliphatic heterocycles. The van der Waals surface area contributed by atoms with Crippen molar-refractivity contribution in [3.63, 3.8) is 0 Å². The van der Waals surface area contributed by atoms with E-state index in [0.29, 0.717) is 18.7 Å². The highest BCUT2D eigenvalue weighted by atomic mass is 16.2. The van der Waals surface area contributed by atoms with Crippen molar-refractivity contribution >= 4 is 17.5 Å². The van der Waals surface area contributed by atoms with Crippen molar-refractivity contribution < 1.29 is 9.59 Å². The Hall–Kier alpha value is -1.65. The quantitative estimate of drug-likeness (QED) is 0.381. The van der Waals surface area contributed by atoms with Crippen LogP contribution in [-0.4, -0.2) is 24.1 Å². The highest BCUT2D eigenvalue weighted by molar-refractivity contribution is 6.00. The minimum Gasteiger partial charge on any atom is -0.352 e. The second-order valence-corrected chi connectivity index (χ2v) is 3.76. The summed E-state index contributed by atoms with van der Waals surface area (Å²) in [5, 5.41) is 6.49. The minimum absolute atomic E-state index is 0.113. The largest absolute Gasteiger partial charge is 0.352 e. The lowest BCUT2D eigenvalue weighted by molar-refractivity contribution is -0.121. The smallest absolute Gasteiger partial charge is 0.240 e. The van der Waals surface area contributed by atoms with Gasteiger partial charge < -0.3 is 5.32 Å². The lowest BCUT2D eigenvalue weighted by Crippen LogP contribution is -2.26. The third-order valence-electron chi connectivity index (χ3n) is 1.99. The van der Waals surface area contributed by atoms with Crippen molar-refractivity contribution in [1.29, 1.82) is 0 Å². The molecule has 0 saturated heterocycles. The van der Waals surface area contributed by atoms with E-state index in [4.69, 9.17) is 0 Å². The molecule has 0 unspecified atom stereocenters. The molecule has 17 heavy (non-hydrogen) atoms. The SMILES string of the molecule is C=CCNC(=O)C/C(C)=N/NC(=O)CCCC. The standard InChI is InChI=1S/C12H21N3O2/c1-4-6-7-11(16)15-14-10(3)9-12(17)13-8-5-2/h5H,2,4,6-9H2,1,3H3,(H,13,17)(H,15,16)/b14-10+. The highest BCUT2D eigenvalue weighted by Crippen LogP contribution is 1.93. The van der Waals surface area contributed by atoms with Gasteiger partial charge in [-0.05, 0) is 13.3 Å². The molecule has 0 aromatic heterocycles. The van der Waals surface area contributed by atoms with Crippen molar-refractivity contribution in [1.82, 2.24) is 10.7 Å². The molecule has 96 valence electrons. The first-order valence-corrected chi connectivity index (χ1v) is 5.79. The van der Waals surface area contributed by atoms with E-state index in [2.05, 4.69) is 22.4 Å². The molecule has 0 rings (SSSR count). The summed E-state index contributed by atoms with van der Waals surface area (Å²) in [5.41, 5.74) is 3.01. The first-order chi connectivity index (χ1) is 8.10. The Kier molecular flexibility index (Phi) is 8.64. The number of carbonyl (C=O) groups is 2. The number of hydrazone groups is 1. The number of nitrogens with zero attached hydrogens (tertiary/aromatic N) is 1. The molecule has 0 radical (unpaired) electrons. The van der Waals surface area contributed by atoms with Crippen LogP contribution in [0.2, 0.25) is 0 Å². The molecular weight excluding hydrogens is 218 g/mol. The van der Waals surface area contributed by atoms with Gasteiger partial charge >= 0.3 is 0 Å². The normalized spacial score (nSPS) is 10.8. The Morgan fingerprint density at radius 1 is 1.35 bits per heavy atom. The number of hydrogen-bond donors (Lipinski definition) is 2. The van der Waals surface area contributed by atoms with Gasteiger partial charge in [-0.2, -0.15) is 5.10 Å². The summed E-state index contributed by atoms with van der Waals surface area (Å²) < 4.78 is 0. The number of nitrogens with one attached hydrogen (secondary N) is 2. The van der Waals surface area contributed by atoms with Gasteiger partial charge in [-0.3, -0.25) is 9.59 Å². The molecule has 0 aromatic rings. The average Bonchev–Trinajstić information content (AvgIpc) is 2.31. The van der Waals surface area contributed by atoms with Crippen molar-refractivity contribution in [3.8, 4) is 0 Å². The van der Waals surface area contributed by atoms with E-state index < -0.39 is 0 Å². The third kappa shape index (κ3) is 9.29. The molecule has 5 nitrogen and oxygen atoms in total. The van der Waals surface area contributed by atoms with E-state index in [1.165, 1.54) is 0 Å². The van der Waals surface area contributed by atoms with Crippen LogP contribution in [-0.2, 0) is 9.59 Å². The first-order valence-electron chi connectivity index (χ1n) is 5.79. The van der Waals surface area contributed by atoms with Crippen molar-refractivity contribution in [3.05, 3.63) is 12.7 Å². The molecular formula is C12H21N3O2. The van der Waals surface area contributed by atoms with Gasteiger partial charge in [-0.25, -0.2) is 5.43 Å². The van der Waals surface area contributed by atoms with Crippen LogP contribution in [0.15, 0.2) is 17.8 Å². The van der Waals surface area contributed by atoms with Crippen molar-refractivity contribution in [2.45, 2.75) is 39.5 Å². The number of carbonyl (C=O) groups excluding carboxylic acids is 2. The van der Waals surface area contributed by atoms with Crippen molar-refractivity contribution in [2.75, 3.05) is 6.54 Å². The van der Waals surface area contributed by atoms with Gasteiger partial charge in [-0.15, -0.1) is 6.58 Å². The zero-order valence-corrected chi connectivity index (χ0v) is 10.6. The van der Waals surface area contributed by atoms with Gasteiger partial charge in [0.25, 0.3) is 0 Å². The fraction of sp³-hybridized carbons (Fsp3) is 0.583. The second kappa shape index (κ2) is 9.57. The molecule has 0 aliphatic carbocycles. The molecule has 0 saturated carbocycles. The Morgan fingerprint density at radius 2 is 2.06 bits per heavy atom. The number of unbranched alkanes of at least 4 members (excludes halogenated alkanes) is 1. The van der Waals surface area contributed by atoms with Crippen LogP contribution in [0.25, 0.3) is 0 Å². The monoisotopic (exact) mass is 239 g/mol. The van der Waals surface area contributed by atoms with Crippen LogP contribution in [0.1, 0.15) is 39.5 Å². The Balaban J connectivity index is 3.88. The summed E-state index contributed by atoms with van der Waals surface area (Å²) in [6, 6.07) is 0. The number of amides is 2. The molecule has 0 bridgehead atoms. The summed E-state index contributed by atoms with van der Waals surface area (Å²) in [6.45, 7) is 7.66. The molecule has 0 fully saturated rings. The predicted molar refractivity (Wildman–Crippen MR) is 68.6 cm³/mol. The Bertz CT molecular complexity index is 298. The minimum atomic E-state index is -0.131. The first kappa shape index (κ1) is 15.3. The molecule has 0 spiro atoms. The van der Waals surface area contributed by atoms with Gasteiger partial charge in [0.1, 0.15) is 0 Å². The van der Waals surface area contributed by atoms with Gasteiger partial charge in [-0.1, -0.05) is 19.4 Å². The average molecular weight is 239 g/mol. The van der Waals surface area contributed by atoms with Crippen LogP contribution in [0.3, 0.4) is 0 Å². The fourth-order valence-corrected chi connectivity index (χ4v) is 1.07. The molecule has 0 aliphatic rings. The van der Waals surface area contributed by atoms with E-state index in [0.717, 1.165) is 12.8 Å². The summed E-state index contributed by atoms with van der Waals surface area (Å²) in [7, 11) is 0. The molecule has 2 N–H and O–H groups in total. The van der Waals surface area contributed by atoms with E-state index >= 15 is 0 Å². The molecule has 0 heterocycles. The summed E-state index contributed by atoms with van der Waals surface area (Å²) >= 11 is 0. The maximum Gasteiger partial charge on any atom is 0.240 e. The summed E-state index contributed by atoms with van der Waals surface area (Å²) in [5.74, 6) is -0.244. The van der Waals surface area contributed by atoms with Gasteiger partial charge in [0.15, 0.2) is 0 Å². The lowest BCUT2D eigenvalue weighted by Gasteiger charge is -2.03. The van der Waals surface area contributed by atoms with Crippen LogP contribution in [0.4, 0.5) is 0 Å². The second-order valence-electron chi connectivity index (χ2n) is 3.76. The van der Waals surface area contributed by atoms with E-state index in [1.54, 1.807) is 13.0 Å². The maximum absolute atomic E-state index is 11.3. The maximum atomic E-state index is 11.3. The topological polar surface area (TPSA) is 70.6 Å². The number of hydrogen-bond acceptors (Lipinski definition) is 3.